The molecule has 0 saturated heterocycles. The molecular formula is C21H20F3NO4. The number of carbonyl (C=O) groups is 3. The number of hydrogen-bond acceptors (Lipinski definition) is 4. The van der Waals surface area contributed by atoms with E-state index < -0.39 is 30.1 Å². The Kier molecular flexibility index (Phi) is 7.14. The van der Waals surface area contributed by atoms with Gasteiger partial charge in [0.1, 0.15) is 0 Å². The fourth-order valence-electron chi connectivity index (χ4n) is 2.42. The summed E-state index contributed by atoms with van der Waals surface area (Å²) >= 11 is 0. The van der Waals surface area contributed by atoms with Crippen molar-refractivity contribution in [2.75, 3.05) is 11.9 Å². The van der Waals surface area contributed by atoms with E-state index in [2.05, 4.69) is 5.32 Å². The number of rotatable bonds is 7. The van der Waals surface area contributed by atoms with Gasteiger partial charge in [-0.15, -0.1) is 0 Å². The van der Waals surface area contributed by atoms with Gasteiger partial charge in [0, 0.05) is 17.7 Å². The average Bonchev–Trinajstić information content (AvgIpc) is 2.65. The highest BCUT2D eigenvalue weighted by atomic mass is 19.4. The molecule has 29 heavy (non-hydrogen) atoms. The summed E-state index contributed by atoms with van der Waals surface area (Å²) in [5, 5.41) is 2.71. The molecule has 0 saturated carbocycles. The third-order valence-electron chi connectivity index (χ3n) is 3.87. The molecule has 154 valence electrons. The van der Waals surface area contributed by atoms with Crippen molar-refractivity contribution in [3.05, 3.63) is 65.2 Å². The van der Waals surface area contributed by atoms with Gasteiger partial charge in [0.25, 0.3) is 0 Å². The molecule has 0 aromatic heterocycles. The fourth-order valence-corrected chi connectivity index (χ4v) is 2.42. The molecule has 0 atom stereocenters. The summed E-state index contributed by atoms with van der Waals surface area (Å²) in [6.45, 7) is 3.29. The summed E-state index contributed by atoms with van der Waals surface area (Å²) in [6.07, 6.45) is -4.13. The second-order valence-electron chi connectivity index (χ2n) is 6.80. The smallest absolute Gasteiger partial charge is 0.416 e. The van der Waals surface area contributed by atoms with Gasteiger partial charge in [-0.3, -0.25) is 9.59 Å². The van der Waals surface area contributed by atoms with Crippen LogP contribution in [0.25, 0.3) is 0 Å². The zero-order valence-corrected chi connectivity index (χ0v) is 15.9. The van der Waals surface area contributed by atoms with Crippen LogP contribution in [0.1, 0.15) is 46.5 Å². The lowest BCUT2D eigenvalue weighted by molar-refractivity contribution is -0.137. The third-order valence-corrected chi connectivity index (χ3v) is 3.87. The standard InChI is InChI=1S/C21H20F3NO4/c1-13(2)11-19(27)25-17-9-5-14(6-10-17)18(26)12-29-20(28)15-3-7-16(8-4-15)21(22,23)24/h3-10,13H,11-12H2,1-2H3,(H,25,27). The van der Waals surface area contributed by atoms with Crippen molar-refractivity contribution in [1.82, 2.24) is 0 Å². The summed E-state index contributed by atoms with van der Waals surface area (Å²) < 4.78 is 42.5. The quantitative estimate of drug-likeness (QED) is 0.532. The number of carbonyl (C=O) groups excluding carboxylic acids is 3. The number of ether oxygens (including phenoxy) is 1. The first-order chi connectivity index (χ1) is 13.6. The molecule has 0 fully saturated rings. The van der Waals surface area contributed by atoms with E-state index in [0.29, 0.717) is 12.1 Å². The van der Waals surface area contributed by atoms with Crippen LogP contribution >= 0.6 is 0 Å². The second-order valence-corrected chi connectivity index (χ2v) is 6.80. The maximum absolute atomic E-state index is 12.5. The summed E-state index contributed by atoms with van der Waals surface area (Å²) in [4.78, 5) is 35.8. The van der Waals surface area contributed by atoms with Gasteiger partial charge in [0.05, 0.1) is 11.1 Å². The van der Waals surface area contributed by atoms with Crippen molar-refractivity contribution in [2.45, 2.75) is 26.4 Å². The molecular weight excluding hydrogens is 387 g/mol. The molecule has 0 heterocycles. The number of esters is 1. The summed E-state index contributed by atoms with van der Waals surface area (Å²) in [5.74, 6) is -1.30. The predicted molar refractivity (Wildman–Crippen MR) is 101 cm³/mol. The van der Waals surface area contributed by atoms with E-state index in [-0.39, 0.29) is 23.0 Å². The largest absolute Gasteiger partial charge is 0.454 e. The molecule has 1 amide bonds. The number of alkyl halides is 3. The highest BCUT2D eigenvalue weighted by Gasteiger charge is 2.30. The van der Waals surface area contributed by atoms with Crippen LogP contribution in [0, 0.1) is 5.92 Å². The van der Waals surface area contributed by atoms with Gasteiger partial charge >= 0.3 is 12.1 Å². The Morgan fingerprint density at radius 1 is 0.931 bits per heavy atom. The van der Waals surface area contributed by atoms with Crippen LogP contribution < -0.4 is 5.32 Å². The van der Waals surface area contributed by atoms with Crippen molar-refractivity contribution in [3.63, 3.8) is 0 Å². The van der Waals surface area contributed by atoms with Crippen molar-refractivity contribution < 1.29 is 32.3 Å². The molecule has 0 spiro atoms. The van der Waals surface area contributed by atoms with E-state index >= 15 is 0 Å². The molecule has 2 rings (SSSR count). The first-order valence-electron chi connectivity index (χ1n) is 8.83. The van der Waals surface area contributed by atoms with Crippen molar-refractivity contribution in [3.8, 4) is 0 Å². The Morgan fingerprint density at radius 2 is 1.48 bits per heavy atom. The first kappa shape index (κ1) is 22.1. The van der Waals surface area contributed by atoms with E-state index in [0.717, 1.165) is 24.3 Å². The third kappa shape index (κ3) is 6.74. The predicted octanol–water partition coefficient (Wildman–Crippen LogP) is 4.73. The molecule has 5 nitrogen and oxygen atoms in total. The monoisotopic (exact) mass is 407 g/mol. The molecule has 2 aromatic carbocycles. The molecule has 2 aromatic rings. The van der Waals surface area contributed by atoms with Gasteiger partial charge < -0.3 is 10.1 Å². The van der Waals surface area contributed by atoms with Crippen molar-refractivity contribution >= 4 is 23.3 Å². The van der Waals surface area contributed by atoms with Gasteiger partial charge in [-0.2, -0.15) is 13.2 Å². The molecule has 1 N–H and O–H groups in total. The molecule has 8 heteroatoms. The van der Waals surface area contributed by atoms with E-state index in [1.165, 1.54) is 12.1 Å². The number of benzene rings is 2. The summed E-state index contributed by atoms with van der Waals surface area (Å²) in [5.41, 5.74) is -0.166. The highest BCUT2D eigenvalue weighted by molar-refractivity contribution is 6.00. The number of Topliss-reactive ketones (excluding diaryl/α,β-unsaturated/α-hetero) is 1. The van der Waals surface area contributed by atoms with Gasteiger partial charge in [0.2, 0.25) is 5.91 Å². The maximum Gasteiger partial charge on any atom is 0.416 e. The lowest BCUT2D eigenvalue weighted by Crippen LogP contribution is -2.15. The molecule has 0 aliphatic heterocycles. The van der Waals surface area contributed by atoms with Crippen LogP contribution in [0.2, 0.25) is 0 Å². The first-order valence-corrected chi connectivity index (χ1v) is 8.83. The van der Waals surface area contributed by atoms with E-state index in [1.807, 2.05) is 13.8 Å². The van der Waals surface area contributed by atoms with E-state index in [9.17, 15) is 27.6 Å². The SMILES string of the molecule is CC(C)CC(=O)Nc1ccc(C(=O)COC(=O)c2ccc(C(F)(F)F)cc2)cc1. The number of hydrogen-bond donors (Lipinski definition) is 1. The fraction of sp³-hybridized carbons (Fsp3) is 0.286. The number of amides is 1. The molecule has 0 bridgehead atoms. The number of ketones is 1. The van der Waals surface area contributed by atoms with Crippen molar-refractivity contribution in [1.29, 1.82) is 0 Å². The maximum atomic E-state index is 12.5. The minimum absolute atomic E-state index is 0.0889. The summed E-state index contributed by atoms with van der Waals surface area (Å²) in [6, 6.07) is 9.61. The van der Waals surface area contributed by atoms with Crippen LogP contribution in [-0.2, 0) is 15.7 Å². The zero-order valence-electron chi connectivity index (χ0n) is 15.9. The Labute approximate surface area is 165 Å². The Balaban J connectivity index is 1.90. The number of anilines is 1. The van der Waals surface area contributed by atoms with Crippen LogP contribution in [0.3, 0.4) is 0 Å². The zero-order chi connectivity index (χ0) is 21.6. The van der Waals surface area contributed by atoms with Crippen LogP contribution in [0.4, 0.5) is 18.9 Å². The molecule has 0 aliphatic rings. The van der Waals surface area contributed by atoms with Crippen LogP contribution in [0.5, 0.6) is 0 Å². The van der Waals surface area contributed by atoms with Crippen molar-refractivity contribution in [2.24, 2.45) is 5.92 Å². The Morgan fingerprint density at radius 3 is 2.00 bits per heavy atom. The normalized spacial score (nSPS) is 11.2. The number of halogens is 3. The second kappa shape index (κ2) is 9.36. The topological polar surface area (TPSA) is 72.5 Å². The van der Waals surface area contributed by atoms with Gasteiger partial charge in [-0.25, -0.2) is 4.79 Å². The highest BCUT2D eigenvalue weighted by Crippen LogP contribution is 2.29. The van der Waals surface area contributed by atoms with E-state index in [4.69, 9.17) is 4.74 Å². The van der Waals surface area contributed by atoms with Crippen LogP contribution in [0.15, 0.2) is 48.5 Å². The van der Waals surface area contributed by atoms with Gasteiger partial charge in [-0.05, 0) is 54.4 Å². The Bertz CT molecular complexity index is 872. The number of nitrogens with one attached hydrogen (secondary N) is 1. The average molecular weight is 407 g/mol. The molecule has 0 aliphatic carbocycles. The molecule has 0 unspecified atom stereocenters. The van der Waals surface area contributed by atoms with E-state index in [1.54, 1.807) is 12.1 Å². The lowest BCUT2D eigenvalue weighted by atomic mass is 10.1. The van der Waals surface area contributed by atoms with Gasteiger partial charge in [-0.1, -0.05) is 13.8 Å². The minimum Gasteiger partial charge on any atom is -0.454 e. The summed E-state index contributed by atoms with van der Waals surface area (Å²) in [7, 11) is 0. The Hall–Kier alpha value is -3.16. The lowest BCUT2D eigenvalue weighted by Gasteiger charge is -2.09. The van der Waals surface area contributed by atoms with Gasteiger partial charge in [0.15, 0.2) is 12.4 Å². The minimum atomic E-state index is -4.50. The molecule has 0 radical (unpaired) electrons. The van der Waals surface area contributed by atoms with Crippen LogP contribution in [-0.4, -0.2) is 24.3 Å².